The minimum atomic E-state index is -0.0706. The maximum Gasteiger partial charge on any atom is 0.0687 e. The first kappa shape index (κ1) is 11.6. The summed E-state index contributed by atoms with van der Waals surface area (Å²) in [4.78, 5) is 2.48. The maximum atomic E-state index is 9.05. The average molecular weight is 234 g/mol. The first-order valence-corrected chi connectivity index (χ1v) is 6.81. The van der Waals surface area contributed by atoms with Gasteiger partial charge in [0.05, 0.1) is 11.5 Å². The largest absolute Gasteiger partial charge is 0.303 e. The molecule has 3 heteroatoms. The summed E-state index contributed by atoms with van der Waals surface area (Å²) < 4.78 is 0. The second kappa shape index (κ2) is 4.99. The molecule has 0 spiro atoms. The normalized spacial score (nSPS) is 20.5. The van der Waals surface area contributed by atoms with Crippen LogP contribution in [0.4, 0.5) is 0 Å². The molecule has 2 rings (SSSR count). The molecule has 1 aliphatic rings. The SMILES string of the molecule is CC1(C#N)CCN(CCc2ccsc2)CC1. The van der Waals surface area contributed by atoms with Gasteiger partial charge in [0.2, 0.25) is 0 Å². The van der Waals surface area contributed by atoms with Crippen molar-refractivity contribution in [2.24, 2.45) is 5.41 Å². The van der Waals surface area contributed by atoms with Crippen LogP contribution in [0.25, 0.3) is 0 Å². The first-order chi connectivity index (χ1) is 7.72. The maximum absolute atomic E-state index is 9.05. The average Bonchev–Trinajstić information content (AvgIpc) is 2.81. The molecule has 0 saturated carbocycles. The summed E-state index contributed by atoms with van der Waals surface area (Å²) in [7, 11) is 0. The summed E-state index contributed by atoms with van der Waals surface area (Å²) in [6, 6.07) is 4.65. The van der Waals surface area contributed by atoms with Crippen molar-refractivity contribution in [3.63, 3.8) is 0 Å². The van der Waals surface area contributed by atoms with Crippen LogP contribution < -0.4 is 0 Å². The van der Waals surface area contributed by atoms with E-state index in [-0.39, 0.29) is 5.41 Å². The van der Waals surface area contributed by atoms with Gasteiger partial charge in [0.25, 0.3) is 0 Å². The zero-order chi connectivity index (χ0) is 11.4. The molecule has 2 nitrogen and oxygen atoms in total. The van der Waals surface area contributed by atoms with E-state index >= 15 is 0 Å². The lowest BCUT2D eigenvalue weighted by Gasteiger charge is -2.34. The second-order valence-electron chi connectivity index (χ2n) is 4.90. The lowest BCUT2D eigenvalue weighted by Crippen LogP contribution is -2.38. The predicted molar refractivity (Wildman–Crippen MR) is 67.4 cm³/mol. The van der Waals surface area contributed by atoms with E-state index in [9.17, 15) is 0 Å². The molecule has 0 bridgehead atoms. The van der Waals surface area contributed by atoms with E-state index < -0.39 is 0 Å². The van der Waals surface area contributed by atoms with E-state index in [0.717, 1.165) is 38.9 Å². The Balaban J connectivity index is 1.76. The van der Waals surface area contributed by atoms with Gasteiger partial charge in [-0.05, 0) is 61.7 Å². The van der Waals surface area contributed by atoms with E-state index in [1.165, 1.54) is 5.56 Å². The minimum absolute atomic E-state index is 0.0706. The van der Waals surface area contributed by atoms with Gasteiger partial charge in [-0.15, -0.1) is 0 Å². The number of thiophene rings is 1. The van der Waals surface area contributed by atoms with Gasteiger partial charge in [-0.1, -0.05) is 0 Å². The number of hydrogen-bond acceptors (Lipinski definition) is 3. The third-order valence-corrected chi connectivity index (χ3v) is 4.26. The summed E-state index contributed by atoms with van der Waals surface area (Å²) in [5.74, 6) is 0. The minimum Gasteiger partial charge on any atom is -0.303 e. The third kappa shape index (κ3) is 2.84. The van der Waals surface area contributed by atoms with Crippen molar-refractivity contribution in [2.75, 3.05) is 19.6 Å². The lowest BCUT2D eigenvalue weighted by molar-refractivity contribution is 0.158. The molecule has 2 heterocycles. The van der Waals surface area contributed by atoms with Crippen LogP contribution in [0.1, 0.15) is 25.3 Å². The van der Waals surface area contributed by atoms with Crippen LogP contribution in [-0.2, 0) is 6.42 Å². The van der Waals surface area contributed by atoms with Gasteiger partial charge >= 0.3 is 0 Å². The highest BCUT2D eigenvalue weighted by atomic mass is 32.1. The van der Waals surface area contributed by atoms with Gasteiger partial charge < -0.3 is 4.90 Å². The van der Waals surface area contributed by atoms with Crippen LogP contribution in [0.3, 0.4) is 0 Å². The zero-order valence-corrected chi connectivity index (χ0v) is 10.6. The second-order valence-corrected chi connectivity index (χ2v) is 5.68. The molecule has 0 aliphatic carbocycles. The fourth-order valence-electron chi connectivity index (χ4n) is 2.10. The van der Waals surface area contributed by atoms with E-state index in [1.807, 2.05) is 0 Å². The van der Waals surface area contributed by atoms with Crippen molar-refractivity contribution in [3.05, 3.63) is 22.4 Å². The quantitative estimate of drug-likeness (QED) is 0.804. The Morgan fingerprint density at radius 3 is 2.81 bits per heavy atom. The van der Waals surface area contributed by atoms with Gasteiger partial charge in [-0.3, -0.25) is 0 Å². The van der Waals surface area contributed by atoms with Crippen molar-refractivity contribution >= 4 is 11.3 Å². The zero-order valence-electron chi connectivity index (χ0n) is 9.78. The summed E-state index contributed by atoms with van der Waals surface area (Å²) in [6.07, 6.45) is 3.19. The highest BCUT2D eigenvalue weighted by molar-refractivity contribution is 7.07. The third-order valence-electron chi connectivity index (χ3n) is 3.53. The number of hydrogen-bond donors (Lipinski definition) is 0. The van der Waals surface area contributed by atoms with E-state index in [1.54, 1.807) is 11.3 Å². The molecule has 0 amide bonds. The summed E-state index contributed by atoms with van der Waals surface area (Å²) in [5, 5.41) is 13.4. The van der Waals surface area contributed by atoms with Crippen LogP contribution in [-0.4, -0.2) is 24.5 Å². The Morgan fingerprint density at radius 1 is 1.50 bits per heavy atom. The molecule has 16 heavy (non-hydrogen) atoms. The van der Waals surface area contributed by atoms with E-state index in [0.29, 0.717) is 0 Å². The molecule has 0 radical (unpaired) electrons. The van der Waals surface area contributed by atoms with Gasteiger partial charge in [-0.2, -0.15) is 16.6 Å². The van der Waals surface area contributed by atoms with Crippen LogP contribution in [0.2, 0.25) is 0 Å². The van der Waals surface area contributed by atoms with E-state index in [2.05, 4.69) is 34.7 Å². The van der Waals surface area contributed by atoms with Crippen molar-refractivity contribution in [3.8, 4) is 6.07 Å². The smallest absolute Gasteiger partial charge is 0.0687 e. The Hall–Kier alpha value is -0.850. The molecule has 1 aromatic heterocycles. The van der Waals surface area contributed by atoms with Gasteiger partial charge in [-0.25, -0.2) is 0 Å². The molecule has 1 saturated heterocycles. The first-order valence-electron chi connectivity index (χ1n) is 5.87. The fourth-order valence-corrected chi connectivity index (χ4v) is 2.81. The standard InChI is InChI=1S/C13H18N2S/c1-13(11-14)4-7-15(8-5-13)6-2-12-3-9-16-10-12/h3,9-10H,2,4-8H2,1H3. The molecule has 0 N–H and O–H groups in total. The summed E-state index contributed by atoms with van der Waals surface area (Å²) in [6.45, 7) is 5.38. The molecular formula is C13H18N2S. The number of rotatable bonds is 3. The van der Waals surface area contributed by atoms with Gasteiger partial charge in [0.15, 0.2) is 0 Å². The lowest BCUT2D eigenvalue weighted by atomic mass is 9.82. The van der Waals surface area contributed by atoms with Crippen molar-refractivity contribution in [1.29, 1.82) is 5.26 Å². The molecule has 0 aromatic carbocycles. The fraction of sp³-hybridized carbons (Fsp3) is 0.615. The highest BCUT2D eigenvalue weighted by Gasteiger charge is 2.29. The number of nitrogens with zero attached hydrogens (tertiary/aromatic N) is 2. The van der Waals surface area contributed by atoms with Gasteiger partial charge in [0, 0.05) is 6.54 Å². The monoisotopic (exact) mass is 234 g/mol. The van der Waals surface area contributed by atoms with Crippen LogP contribution in [0.15, 0.2) is 16.8 Å². The molecule has 0 atom stereocenters. The van der Waals surface area contributed by atoms with Crippen LogP contribution in [0, 0.1) is 16.7 Å². The van der Waals surface area contributed by atoms with Crippen LogP contribution >= 0.6 is 11.3 Å². The molecule has 1 aromatic rings. The topological polar surface area (TPSA) is 27.0 Å². The van der Waals surface area contributed by atoms with Crippen molar-refractivity contribution < 1.29 is 0 Å². The Bertz CT molecular complexity index is 356. The Morgan fingerprint density at radius 2 is 2.25 bits per heavy atom. The number of likely N-dealkylation sites (tertiary alicyclic amines) is 1. The summed E-state index contributed by atoms with van der Waals surface area (Å²) >= 11 is 1.77. The van der Waals surface area contributed by atoms with Gasteiger partial charge in [0.1, 0.15) is 0 Å². The highest BCUT2D eigenvalue weighted by Crippen LogP contribution is 2.29. The van der Waals surface area contributed by atoms with E-state index in [4.69, 9.17) is 5.26 Å². The summed E-state index contributed by atoms with van der Waals surface area (Å²) in [5.41, 5.74) is 1.37. The number of nitriles is 1. The van der Waals surface area contributed by atoms with Crippen LogP contribution in [0.5, 0.6) is 0 Å². The Labute approximate surface area is 102 Å². The molecular weight excluding hydrogens is 216 g/mol. The Kier molecular flexibility index (Phi) is 3.63. The molecule has 0 unspecified atom stereocenters. The molecule has 1 aliphatic heterocycles. The predicted octanol–water partition coefficient (Wildman–Crippen LogP) is 2.92. The van der Waals surface area contributed by atoms with Crippen molar-refractivity contribution in [2.45, 2.75) is 26.2 Å². The number of piperidine rings is 1. The molecule has 1 fully saturated rings. The van der Waals surface area contributed by atoms with Crippen molar-refractivity contribution in [1.82, 2.24) is 4.90 Å². The molecule has 86 valence electrons.